The molecule has 1 saturated heterocycles. The van der Waals surface area contributed by atoms with Crippen molar-refractivity contribution >= 4 is 27.3 Å². The number of rotatable bonds is 4. The van der Waals surface area contributed by atoms with Crippen LogP contribution in [-0.4, -0.2) is 49.7 Å². The van der Waals surface area contributed by atoms with Gasteiger partial charge in [0.15, 0.2) is 0 Å². The fourth-order valence-electron chi connectivity index (χ4n) is 4.20. The third-order valence-corrected chi connectivity index (χ3v) is 9.08. The molecule has 2 heterocycles. The number of amides is 1. The van der Waals surface area contributed by atoms with E-state index in [-0.39, 0.29) is 11.8 Å². The molecule has 1 aromatic heterocycles. The van der Waals surface area contributed by atoms with Crippen LogP contribution in [0, 0.1) is 11.8 Å². The number of piperidine rings is 1. The van der Waals surface area contributed by atoms with Gasteiger partial charge in [-0.2, -0.15) is 4.31 Å². The summed E-state index contributed by atoms with van der Waals surface area (Å²) in [5, 5.41) is 1.78. The van der Waals surface area contributed by atoms with Crippen LogP contribution in [0.15, 0.2) is 21.7 Å². The Bertz CT molecular complexity index is 679. The first-order valence-electron chi connectivity index (χ1n) is 9.21. The Balaban J connectivity index is 1.59. The fourth-order valence-corrected chi connectivity index (χ4v) is 6.82. The number of nitrogens with zero attached hydrogens (tertiary/aromatic N) is 2. The predicted octanol–water partition coefficient (Wildman–Crippen LogP) is 3.19. The van der Waals surface area contributed by atoms with Gasteiger partial charge in [0.05, 0.1) is 0 Å². The monoisotopic (exact) mass is 384 g/mol. The second kappa shape index (κ2) is 7.76. The molecule has 25 heavy (non-hydrogen) atoms. The van der Waals surface area contributed by atoms with E-state index >= 15 is 0 Å². The summed E-state index contributed by atoms with van der Waals surface area (Å²) in [5.41, 5.74) is 0. The maximum absolute atomic E-state index is 12.9. The summed E-state index contributed by atoms with van der Waals surface area (Å²) in [6.45, 7) is 3.11. The molecule has 0 spiro atoms. The molecule has 2 atom stereocenters. The van der Waals surface area contributed by atoms with Gasteiger partial charge >= 0.3 is 0 Å². The molecule has 5 nitrogen and oxygen atoms in total. The molecule has 3 rings (SSSR count). The van der Waals surface area contributed by atoms with Crippen molar-refractivity contribution in [3.05, 3.63) is 17.5 Å². The van der Waals surface area contributed by atoms with Gasteiger partial charge in [0, 0.05) is 32.1 Å². The molecule has 2 unspecified atom stereocenters. The molecular formula is C18H28N2O3S2. The van der Waals surface area contributed by atoms with Crippen molar-refractivity contribution in [3.8, 4) is 0 Å². The van der Waals surface area contributed by atoms with Crippen LogP contribution in [0.2, 0.25) is 0 Å². The minimum absolute atomic E-state index is 0.0473. The van der Waals surface area contributed by atoms with Gasteiger partial charge in [-0.25, -0.2) is 8.42 Å². The van der Waals surface area contributed by atoms with Crippen molar-refractivity contribution in [1.29, 1.82) is 0 Å². The van der Waals surface area contributed by atoms with Gasteiger partial charge in [-0.3, -0.25) is 4.79 Å². The summed E-state index contributed by atoms with van der Waals surface area (Å²) >= 11 is 1.25. The highest BCUT2D eigenvalue weighted by Crippen LogP contribution is 2.31. The summed E-state index contributed by atoms with van der Waals surface area (Å²) in [5.74, 6) is 0.711. The third-order valence-electron chi connectivity index (χ3n) is 5.80. The van der Waals surface area contributed by atoms with E-state index in [1.165, 1.54) is 34.9 Å². The Labute approximate surface area is 155 Å². The minimum atomic E-state index is -3.39. The Morgan fingerprint density at radius 2 is 1.88 bits per heavy atom. The van der Waals surface area contributed by atoms with Gasteiger partial charge in [-0.05, 0) is 43.0 Å². The van der Waals surface area contributed by atoms with Gasteiger partial charge in [-0.15, -0.1) is 11.3 Å². The smallest absolute Gasteiger partial charge is 0.252 e. The first-order chi connectivity index (χ1) is 11.9. The van der Waals surface area contributed by atoms with Gasteiger partial charge in [0.2, 0.25) is 5.91 Å². The van der Waals surface area contributed by atoms with E-state index in [9.17, 15) is 13.2 Å². The molecule has 1 aromatic rings. The highest BCUT2D eigenvalue weighted by atomic mass is 32.2. The lowest BCUT2D eigenvalue weighted by molar-refractivity contribution is -0.139. The number of sulfonamides is 1. The van der Waals surface area contributed by atoms with Crippen molar-refractivity contribution in [2.24, 2.45) is 11.8 Å². The number of carbonyl (C=O) groups excluding carboxylic acids is 1. The molecule has 1 aliphatic carbocycles. The van der Waals surface area contributed by atoms with Gasteiger partial charge < -0.3 is 4.90 Å². The first-order valence-corrected chi connectivity index (χ1v) is 11.5. The van der Waals surface area contributed by atoms with E-state index in [1.54, 1.807) is 17.5 Å². The van der Waals surface area contributed by atoms with Crippen LogP contribution >= 0.6 is 11.3 Å². The van der Waals surface area contributed by atoms with Gasteiger partial charge in [-0.1, -0.05) is 25.8 Å². The lowest BCUT2D eigenvalue weighted by Crippen LogP contribution is -2.48. The molecule has 0 bridgehead atoms. The lowest BCUT2D eigenvalue weighted by Gasteiger charge is -2.39. The van der Waals surface area contributed by atoms with E-state index < -0.39 is 10.0 Å². The largest absolute Gasteiger partial charge is 0.342 e. The molecular weight excluding hydrogens is 356 g/mol. The third kappa shape index (κ3) is 3.93. The molecule has 1 saturated carbocycles. The summed E-state index contributed by atoms with van der Waals surface area (Å²) < 4.78 is 27.1. The summed E-state index contributed by atoms with van der Waals surface area (Å²) in [6.07, 6.45) is 5.99. The summed E-state index contributed by atoms with van der Waals surface area (Å²) in [6, 6.07) is 3.75. The number of hydrogen-bond donors (Lipinski definition) is 0. The van der Waals surface area contributed by atoms with E-state index in [4.69, 9.17) is 0 Å². The molecule has 2 aliphatic rings. The quantitative estimate of drug-likeness (QED) is 0.801. The van der Waals surface area contributed by atoms with E-state index in [0.29, 0.717) is 42.1 Å². The predicted molar refractivity (Wildman–Crippen MR) is 100.0 cm³/mol. The van der Waals surface area contributed by atoms with Crippen molar-refractivity contribution in [2.75, 3.05) is 20.1 Å². The second-order valence-electron chi connectivity index (χ2n) is 7.39. The molecule has 0 radical (unpaired) electrons. The molecule has 0 N–H and O–H groups in total. The van der Waals surface area contributed by atoms with Crippen molar-refractivity contribution in [3.63, 3.8) is 0 Å². The maximum Gasteiger partial charge on any atom is 0.252 e. The SMILES string of the molecule is CC1CCCCC1N(C)C(=O)C1CCN(S(=O)(=O)c2cccs2)CC1. The molecule has 1 amide bonds. The van der Waals surface area contributed by atoms with Crippen LogP contribution in [-0.2, 0) is 14.8 Å². The lowest BCUT2D eigenvalue weighted by atomic mass is 9.84. The van der Waals surface area contributed by atoms with Crippen molar-refractivity contribution in [1.82, 2.24) is 9.21 Å². The maximum atomic E-state index is 12.9. The van der Waals surface area contributed by atoms with E-state index in [2.05, 4.69) is 6.92 Å². The molecule has 2 fully saturated rings. The summed E-state index contributed by atoms with van der Waals surface area (Å²) in [7, 11) is -1.46. The highest BCUT2D eigenvalue weighted by molar-refractivity contribution is 7.91. The zero-order valence-electron chi connectivity index (χ0n) is 15.1. The van der Waals surface area contributed by atoms with Crippen LogP contribution in [0.3, 0.4) is 0 Å². The molecule has 140 valence electrons. The Morgan fingerprint density at radius 1 is 1.20 bits per heavy atom. The molecule has 1 aliphatic heterocycles. The topological polar surface area (TPSA) is 57.7 Å². The van der Waals surface area contributed by atoms with Crippen LogP contribution in [0.4, 0.5) is 0 Å². The van der Waals surface area contributed by atoms with Crippen molar-refractivity contribution in [2.45, 2.75) is 55.7 Å². The van der Waals surface area contributed by atoms with Gasteiger partial charge in [0.25, 0.3) is 10.0 Å². The number of hydrogen-bond acceptors (Lipinski definition) is 4. The van der Waals surface area contributed by atoms with Crippen molar-refractivity contribution < 1.29 is 13.2 Å². The Morgan fingerprint density at radius 3 is 2.48 bits per heavy atom. The first kappa shape index (κ1) is 18.9. The van der Waals surface area contributed by atoms with Crippen LogP contribution in [0.25, 0.3) is 0 Å². The number of thiophene rings is 1. The standard InChI is InChI=1S/C18H28N2O3S2/c1-14-6-3-4-7-16(14)19(2)18(21)15-9-11-20(12-10-15)25(22,23)17-8-5-13-24-17/h5,8,13-16H,3-4,6-7,9-12H2,1-2H3. The Kier molecular flexibility index (Phi) is 5.85. The number of carbonyl (C=O) groups is 1. The minimum Gasteiger partial charge on any atom is -0.342 e. The zero-order chi connectivity index (χ0) is 18.0. The zero-order valence-corrected chi connectivity index (χ0v) is 16.7. The Hall–Kier alpha value is -0.920. The summed E-state index contributed by atoms with van der Waals surface area (Å²) in [4.78, 5) is 14.8. The fraction of sp³-hybridized carbons (Fsp3) is 0.722. The van der Waals surface area contributed by atoms with Crippen LogP contribution in [0.5, 0.6) is 0 Å². The van der Waals surface area contributed by atoms with Gasteiger partial charge in [0.1, 0.15) is 4.21 Å². The molecule has 0 aromatic carbocycles. The highest BCUT2D eigenvalue weighted by Gasteiger charge is 2.36. The average Bonchev–Trinajstić information content (AvgIpc) is 3.16. The van der Waals surface area contributed by atoms with Crippen LogP contribution in [0.1, 0.15) is 45.4 Å². The molecule has 7 heteroatoms. The van der Waals surface area contributed by atoms with E-state index in [0.717, 1.165) is 6.42 Å². The van der Waals surface area contributed by atoms with Crippen LogP contribution < -0.4 is 0 Å². The average molecular weight is 385 g/mol. The second-order valence-corrected chi connectivity index (χ2v) is 10.5. The van der Waals surface area contributed by atoms with E-state index in [1.807, 2.05) is 11.9 Å². The normalized spacial score (nSPS) is 26.5.